The normalized spacial score (nSPS) is 12.9. The summed E-state index contributed by atoms with van der Waals surface area (Å²) in [6.45, 7) is 6.37. The first-order valence-corrected chi connectivity index (χ1v) is 8.32. The zero-order valence-electron chi connectivity index (χ0n) is 12.9. The van der Waals surface area contributed by atoms with Crippen molar-refractivity contribution >= 4 is 15.9 Å². The number of hydrogen-bond acceptors (Lipinski definition) is 2. The smallest absolute Gasteiger partial charge is 0.0848 e. The molecule has 0 aliphatic rings. The lowest BCUT2D eigenvalue weighted by atomic mass is 10.0. The Balaban J connectivity index is 2.11. The van der Waals surface area contributed by atoms with Crippen molar-refractivity contribution in [3.63, 3.8) is 0 Å². The zero-order chi connectivity index (χ0) is 15.4. The van der Waals surface area contributed by atoms with Gasteiger partial charge in [-0.05, 0) is 49.1 Å². The summed E-state index contributed by atoms with van der Waals surface area (Å²) in [5.41, 5.74) is 3.00. The van der Waals surface area contributed by atoms with Gasteiger partial charge in [0.05, 0.1) is 17.8 Å². The maximum absolute atomic E-state index is 10.4. The molecule has 1 aromatic heterocycles. The van der Waals surface area contributed by atoms with Gasteiger partial charge in [0, 0.05) is 17.1 Å². The molecule has 0 saturated carbocycles. The minimum Gasteiger partial charge on any atom is -0.388 e. The summed E-state index contributed by atoms with van der Waals surface area (Å²) in [6.07, 6.45) is 4.21. The van der Waals surface area contributed by atoms with E-state index in [1.54, 1.807) is 0 Å². The highest BCUT2D eigenvalue weighted by Gasteiger charge is 2.14. The summed E-state index contributed by atoms with van der Waals surface area (Å²) in [7, 11) is 0. The lowest BCUT2D eigenvalue weighted by molar-refractivity contribution is 0.176. The SMILES string of the molecule is CCC(CC)n1ccc(CC(O)c2ccc(Br)cc2C)n1. The quantitative estimate of drug-likeness (QED) is 0.827. The maximum Gasteiger partial charge on any atom is 0.0848 e. The number of rotatable bonds is 6. The molecule has 0 aliphatic carbocycles. The van der Waals surface area contributed by atoms with Crippen molar-refractivity contribution in [2.24, 2.45) is 0 Å². The van der Waals surface area contributed by atoms with Crippen molar-refractivity contribution in [2.75, 3.05) is 0 Å². The second-order valence-corrected chi connectivity index (χ2v) is 6.39. The van der Waals surface area contributed by atoms with E-state index >= 15 is 0 Å². The molecular weight excluding hydrogens is 328 g/mol. The second kappa shape index (κ2) is 7.23. The van der Waals surface area contributed by atoms with Gasteiger partial charge in [0.2, 0.25) is 0 Å². The zero-order valence-corrected chi connectivity index (χ0v) is 14.5. The van der Waals surface area contributed by atoms with E-state index in [-0.39, 0.29) is 0 Å². The summed E-state index contributed by atoms with van der Waals surface area (Å²) in [5, 5.41) is 15.1. The van der Waals surface area contributed by atoms with Gasteiger partial charge in [-0.2, -0.15) is 5.10 Å². The van der Waals surface area contributed by atoms with Crippen molar-refractivity contribution in [1.29, 1.82) is 0 Å². The van der Waals surface area contributed by atoms with Crippen molar-refractivity contribution in [3.8, 4) is 0 Å². The molecule has 0 bridgehead atoms. The summed E-state index contributed by atoms with van der Waals surface area (Å²) in [6, 6.07) is 8.43. The van der Waals surface area contributed by atoms with Crippen LogP contribution in [0.5, 0.6) is 0 Å². The van der Waals surface area contributed by atoms with Crippen LogP contribution in [0, 0.1) is 6.92 Å². The fraction of sp³-hybridized carbons (Fsp3) is 0.471. The number of hydrogen-bond donors (Lipinski definition) is 1. The molecular formula is C17H23BrN2O. The lowest BCUT2D eigenvalue weighted by Crippen LogP contribution is -2.09. The van der Waals surface area contributed by atoms with Gasteiger partial charge in [0.25, 0.3) is 0 Å². The van der Waals surface area contributed by atoms with E-state index < -0.39 is 6.10 Å². The van der Waals surface area contributed by atoms with Gasteiger partial charge in [-0.3, -0.25) is 4.68 Å². The van der Waals surface area contributed by atoms with Crippen LogP contribution < -0.4 is 0 Å². The number of aliphatic hydroxyl groups excluding tert-OH is 1. The van der Waals surface area contributed by atoms with Crippen LogP contribution in [0.25, 0.3) is 0 Å². The third kappa shape index (κ3) is 3.95. The first-order valence-electron chi connectivity index (χ1n) is 7.53. The summed E-state index contributed by atoms with van der Waals surface area (Å²) < 4.78 is 3.06. The van der Waals surface area contributed by atoms with Crippen molar-refractivity contribution in [2.45, 2.75) is 52.2 Å². The van der Waals surface area contributed by atoms with E-state index in [1.807, 2.05) is 42.1 Å². The van der Waals surface area contributed by atoms with E-state index in [2.05, 4.69) is 34.9 Å². The largest absolute Gasteiger partial charge is 0.388 e. The van der Waals surface area contributed by atoms with Gasteiger partial charge in [0.1, 0.15) is 0 Å². The Labute approximate surface area is 135 Å². The van der Waals surface area contributed by atoms with E-state index in [0.717, 1.165) is 34.1 Å². The fourth-order valence-corrected chi connectivity index (χ4v) is 3.15. The van der Waals surface area contributed by atoms with Crippen LogP contribution in [0.2, 0.25) is 0 Å². The molecule has 0 radical (unpaired) electrons. The molecule has 1 aromatic carbocycles. The van der Waals surface area contributed by atoms with Crippen LogP contribution in [-0.4, -0.2) is 14.9 Å². The van der Waals surface area contributed by atoms with Gasteiger partial charge in [-0.1, -0.05) is 35.8 Å². The first kappa shape index (κ1) is 16.2. The predicted octanol–water partition coefficient (Wildman–Crippen LogP) is 4.59. The molecule has 1 atom stereocenters. The van der Waals surface area contributed by atoms with Crippen LogP contribution in [0.3, 0.4) is 0 Å². The molecule has 3 nitrogen and oxygen atoms in total. The maximum atomic E-state index is 10.4. The van der Waals surface area contributed by atoms with Crippen LogP contribution in [0.1, 0.15) is 55.7 Å². The number of nitrogens with zero attached hydrogens (tertiary/aromatic N) is 2. The van der Waals surface area contributed by atoms with Gasteiger partial charge in [-0.25, -0.2) is 0 Å². The Hall–Kier alpha value is -1.13. The number of aromatic nitrogens is 2. The summed E-state index contributed by atoms with van der Waals surface area (Å²) in [4.78, 5) is 0. The second-order valence-electron chi connectivity index (χ2n) is 5.48. The third-order valence-corrected chi connectivity index (χ3v) is 4.47. The monoisotopic (exact) mass is 350 g/mol. The number of benzene rings is 1. The minimum absolute atomic E-state index is 0.449. The Morgan fingerprint density at radius 3 is 2.57 bits per heavy atom. The molecule has 2 rings (SSSR count). The van der Waals surface area contributed by atoms with Gasteiger partial charge in [-0.15, -0.1) is 0 Å². The molecule has 0 aliphatic heterocycles. The Bertz CT molecular complexity index is 590. The third-order valence-electron chi connectivity index (χ3n) is 3.97. The summed E-state index contributed by atoms with van der Waals surface area (Å²) >= 11 is 3.45. The lowest BCUT2D eigenvalue weighted by Gasteiger charge is -2.14. The first-order chi connectivity index (χ1) is 10.0. The van der Waals surface area contributed by atoms with Gasteiger partial charge < -0.3 is 5.11 Å². The molecule has 114 valence electrons. The van der Waals surface area contributed by atoms with E-state index in [1.165, 1.54) is 0 Å². The molecule has 4 heteroatoms. The predicted molar refractivity (Wildman–Crippen MR) is 89.4 cm³/mol. The van der Waals surface area contributed by atoms with Crippen molar-refractivity contribution in [3.05, 3.63) is 51.8 Å². The molecule has 1 N–H and O–H groups in total. The topological polar surface area (TPSA) is 38.0 Å². The fourth-order valence-electron chi connectivity index (χ4n) is 2.67. The Morgan fingerprint density at radius 2 is 1.95 bits per heavy atom. The van der Waals surface area contributed by atoms with Crippen LogP contribution in [0.4, 0.5) is 0 Å². The highest BCUT2D eigenvalue weighted by Crippen LogP contribution is 2.24. The minimum atomic E-state index is -0.511. The molecule has 2 aromatic rings. The molecule has 0 spiro atoms. The molecule has 0 amide bonds. The highest BCUT2D eigenvalue weighted by molar-refractivity contribution is 9.10. The Kier molecular flexibility index (Phi) is 5.59. The van der Waals surface area contributed by atoms with Crippen molar-refractivity contribution in [1.82, 2.24) is 9.78 Å². The average Bonchev–Trinajstić information content (AvgIpc) is 2.88. The standard InChI is InChI=1S/C17H23BrN2O/c1-4-15(5-2)20-9-8-14(19-20)11-17(21)16-7-6-13(18)10-12(16)3/h6-10,15,17,21H,4-5,11H2,1-3H3. The van der Waals surface area contributed by atoms with Crippen LogP contribution >= 0.6 is 15.9 Å². The van der Waals surface area contributed by atoms with Crippen LogP contribution in [0.15, 0.2) is 34.9 Å². The molecule has 0 fully saturated rings. The van der Waals surface area contributed by atoms with E-state index in [9.17, 15) is 5.11 Å². The van der Waals surface area contributed by atoms with Crippen molar-refractivity contribution < 1.29 is 5.11 Å². The highest BCUT2D eigenvalue weighted by atomic mass is 79.9. The van der Waals surface area contributed by atoms with E-state index in [0.29, 0.717) is 12.5 Å². The number of aryl methyl sites for hydroxylation is 1. The molecule has 1 heterocycles. The molecule has 1 unspecified atom stereocenters. The number of aliphatic hydroxyl groups is 1. The Morgan fingerprint density at radius 1 is 1.24 bits per heavy atom. The van der Waals surface area contributed by atoms with Gasteiger partial charge >= 0.3 is 0 Å². The van der Waals surface area contributed by atoms with Crippen LogP contribution in [-0.2, 0) is 6.42 Å². The molecule has 21 heavy (non-hydrogen) atoms. The average molecular weight is 351 g/mol. The summed E-state index contributed by atoms with van der Waals surface area (Å²) in [5.74, 6) is 0. The van der Waals surface area contributed by atoms with Gasteiger partial charge in [0.15, 0.2) is 0 Å². The molecule has 0 saturated heterocycles. The number of halogens is 1. The van der Waals surface area contributed by atoms with E-state index in [4.69, 9.17) is 0 Å².